The van der Waals surface area contributed by atoms with Crippen molar-refractivity contribution in [2.75, 3.05) is 0 Å². The molecule has 0 spiro atoms. The van der Waals surface area contributed by atoms with Gasteiger partial charge in [-0.25, -0.2) is 0 Å². The number of unbranched alkanes of at least 4 members (excludes halogenated alkanes) is 1. The highest BCUT2D eigenvalue weighted by molar-refractivity contribution is 7.84. The summed E-state index contributed by atoms with van der Waals surface area (Å²) >= 11 is 4.40. The van der Waals surface area contributed by atoms with Gasteiger partial charge in [0.05, 0.1) is 0 Å². The molecule has 1 heteroatoms. The molecular formula is C13H24S. The van der Waals surface area contributed by atoms with Crippen molar-refractivity contribution in [3.8, 4) is 0 Å². The second kappa shape index (κ2) is 6.34. The minimum atomic E-state index is 0.0499. The Kier molecular flexibility index (Phi) is 6.26. The molecule has 0 radical (unpaired) electrons. The average Bonchev–Trinajstić information content (AvgIpc) is 2.11. The first-order valence-corrected chi connectivity index (χ1v) is 5.99. The van der Waals surface area contributed by atoms with Crippen LogP contribution in [0.1, 0.15) is 53.4 Å². The molecule has 0 bridgehead atoms. The highest BCUT2D eigenvalue weighted by Crippen LogP contribution is 2.38. The Morgan fingerprint density at radius 1 is 1.36 bits per heavy atom. The lowest BCUT2D eigenvalue weighted by atomic mass is 9.81. The van der Waals surface area contributed by atoms with Crippen molar-refractivity contribution < 1.29 is 0 Å². The van der Waals surface area contributed by atoms with Gasteiger partial charge < -0.3 is 0 Å². The largest absolute Gasteiger partial charge is 0.148 e. The maximum absolute atomic E-state index is 4.40. The van der Waals surface area contributed by atoms with Crippen LogP contribution in [-0.2, 0) is 0 Å². The van der Waals surface area contributed by atoms with E-state index < -0.39 is 0 Å². The molecule has 0 rings (SSSR count). The van der Waals surface area contributed by atoms with Gasteiger partial charge in [0.2, 0.25) is 0 Å². The molecule has 0 amide bonds. The molecule has 0 saturated carbocycles. The van der Waals surface area contributed by atoms with Crippen LogP contribution in [0.3, 0.4) is 0 Å². The van der Waals surface area contributed by atoms with E-state index in [-0.39, 0.29) is 5.41 Å². The summed E-state index contributed by atoms with van der Waals surface area (Å²) < 4.78 is 0. The van der Waals surface area contributed by atoms with Crippen molar-refractivity contribution in [3.05, 3.63) is 23.1 Å². The molecule has 0 aliphatic rings. The standard InChI is InChI=1S/C13H24S/c1-6-8-10-12(9-7-2)13(4,5)11(3)14/h9,14H,3,6-8,10H2,1-2,4-5H3/b12-9-. The fourth-order valence-corrected chi connectivity index (χ4v) is 1.61. The Balaban J connectivity index is 4.64. The van der Waals surface area contributed by atoms with Crippen LogP contribution in [0.15, 0.2) is 23.1 Å². The van der Waals surface area contributed by atoms with Gasteiger partial charge in [-0.2, -0.15) is 0 Å². The molecule has 0 N–H and O–H groups in total. The van der Waals surface area contributed by atoms with E-state index in [1.54, 1.807) is 0 Å². The van der Waals surface area contributed by atoms with Crippen molar-refractivity contribution in [2.45, 2.75) is 53.4 Å². The quantitative estimate of drug-likeness (QED) is 0.466. The summed E-state index contributed by atoms with van der Waals surface area (Å²) in [4.78, 5) is 0.966. The lowest BCUT2D eigenvalue weighted by Gasteiger charge is -2.28. The fourth-order valence-electron chi connectivity index (χ4n) is 1.47. The molecule has 0 aliphatic carbocycles. The molecule has 0 atom stereocenters. The molecule has 0 fully saturated rings. The Labute approximate surface area is 94.9 Å². The predicted octanol–water partition coefficient (Wildman–Crippen LogP) is 4.98. The Bertz CT molecular complexity index is 211. The normalized spacial score (nSPS) is 13.1. The second-order valence-corrected chi connectivity index (χ2v) is 4.85. The molecule has 0 aromatic heterocycles. The third kappa shape index (κ3) is 3.91. The van der Waals surface area contributed by atoms with Crippen molar-refractivity contribution in [3.63, 3.8) is 0 Å². The number of hydrogen-bond acceptors (Lipinski definition) is 1. The van der Waals surface area contributed by atoms with Crippen LogP contribution in [0, 0.1) is 5.41 Å². The van der Waals surface area contributed by atoms with E-state index >= 15 is 0 Å². The minimum absolute atomic E-state index is 0.0499. The molecule has 14 heavy (non-hydrogen) atoms. The molecule has 0 aromatic rings. The molecule has 0 nitrogen and oxygen atoms in total. The first-order valence-electron chi connectivity index (χ1n) is 5.54. The van der Waals surface area contributed by atoms with Gasteiger partial charge in [0, 0.05) is 5.41 Å². The third-order valence-corrected chi connectivity index (χ3v) is 3.33. The molecule has 0 aliphatic heterocycles. The number of hydrogen-bond donors (Lipinski definition) is 1. The van der Waals surface area contributed by atoms with E-state index in [1.165, 1.54) is 24.8 Å². The van der Waals surface area contributed by atoms with Gasteiger partial charge in [-0.3, -0.25) is 0 Å². The molecule has 0 saturated heterocycles. The minimum Gasteiger partial charge on any atom is -0.148 e. The lowest BCUT2D eigenvalue weighted by molar-refractivity contribution is 0.530. The van der Waals surface area contributed by atoms with Gasteiger partial charge >= 0.3 is 0 Å². The first-order chi connectivity index (χ1) is 6.46. The van der Waals surface area contributed by atoms with Crippen molar-refractivity contribution >= 4 is 12.6 Å². The summed E-state index contributed by atoms with van der Waals surface area (Å²) in [5, 5.41) is 0. The molecule has 0 aromatic carbocycles. The zero-order valence-electron chi connectivity index (χ0n) is 10.1. The second-order valence-electron chi connectivity index (χ2n) is 4.31. The molecule has 82 valence electrons. The summed E-state index contributed by atoms with van der Waals surface area (Å²) in [5.41, 5.74) is 1.54. The van der Waals surface area contributed by atoms with Gasteiger partial charge in [0.25, 0.3) is 0 Å². The van der Waals surface area contributed by atoms with Crippen LogP contribution in [0.2, 0.25) is 0 Å². The summed E-state index contributed by atoms with van der Waals surface area (Å²) in [7, 11) is 0. The first kappa shape index (κ1) is 13.8. The van der Waals surface area contributed by atoms with Crippen LogP contribution in [0.25, 0.3) is 0 Å². The van der Waals surface area contributed by atoms with Gasteiger partial charge in [0.15, 0.2) is 0 Å². The molecule has 0 heterocycles. The maximum atomic E-state index is 4.40. The Hall–Kier alpha value is -0.170. The number of rotatable bonds is 6. The van der Waals surface area contributed by atoms with E-state index in [9.17, 15) is 0 Å². The Morgan fingerprint density at radius 2 is 1.93 bits per heavy atom. The van der Waals surface area contributed by atoms with Crippen LogP contribution in [0.4, 0.5) is 0 Å². The van der Waals surface area contributed by atoms with Gasteiger partial charge in [0.1, 0.15) is 0 Å². The monoisotopic (exact) mass is 212 g/mol. The maximum Gasteiger partial charge on any atom is 0.0156 e. The van der Waals surface area contributed by atoms with E-state index in [0.717, 1.165) is 11.3 Å². The van der Waals surface area contributed by atoms with E-state index in [2.05, 4.69) is 53.0 Å². The highest BCUT2D eigenvalue weighted by atomic mass is 32.1. The topological polar surface area (TPSA) is 0 Å². The molecule has 0 unspecified atom stereocenters. The zero-order chi connectivity index (χ0) is 11.2. The number of allylic oxidation sites excluding steroid dienone is 3. The third-order valence-electron chi connectivity index (χ3n) is 2.77. The van der Waals surface area contributed by atoms with E-state index in [1.807, 2.05) is 0 Å². The van der Waals surface area contributed by atoms with Gasteiger partial charge in [-0.1, -0.05) is 52.3 Å². The summed E-state index contributed by atoms with van der Waals surface area (Å²) in [5.74, 6) is 0. The smallest absolute Gasteiger partial charge is 0.0156 e. The van der Waals surface area contributed by atoms with Crippen molar-refractivity contribution in [1.29, 1.82) is 0 Å². The molecular weight excluding hydrogens is 188 g/mol. The average molecular weight is 212 g/mol. The van der Waals surface area contributed by atoms with E-state index in [4.69, 9.17) is 0 Å². The van der Waals surface area contributed by atoms with Crippen molar-refractivity contribution in [1.82, 2.24) is 0 Å². The van der Waals surface area contributed by atoms with E-state index in [0.29, 0.717) is 0 Å². The van der Waals surface area contributed by atoms with Crippen LogP contribution < -0.4 is 0 Å². The summed E-state index contributed by atoms with van der Waals surface area (Å²) in [6.07, 6.45) is 7.12. The fraction of sp³-hybridized carbons (Fsp3) is 0.692. The van der Waals surface area contributed by atoms with Crippen LogP contribution >= 0.6 is 12.6 Å². The summed E-state index contributed by atoms with van der Waals surface area (Å²) in [6.45, 7) is 12.8. The zero-order valence-corrected chi connectivity index (χ0v) is 11.0. The summed E-state index contributed by atoms with van der Waals surface area (Å²) in [6, 6.07) is 0. The number of thiol groups is 1. The predicted molar refractivity (Wildman–Crippen MR) is 69.8 cm³/mol. The van der Waals surface area contributed by atoms with Crippen LogP contribution in [0.5, 0.6) is 0 Å². The lowest BCUT2D eigenvalue weighted by Crippen LogP contribution is -2.15. The van der Waals surface area contributed by atoms with Gasteiger partial charge in [-0.05, 0) is 24.2 Å². The highest BCUT2D eigenvalue weighted by Gasteiger charge is 2.23. The van der Waals surface area contributed by atoms with Crippen LogP contribution in [-0.4, -0.2) is 0 Å². The SMILES string of the molecule is C=C(S)C(C)(C)/C(=C\CC)CCCC. The van der Waals surface area contributed by atoms with Crippen molar-refractivity contribution in [2.24, 2.45) is 5.41 Å². The van der Waals surface area contributed by atoms with Gasteiger partial charge in [-0.15, -0.1) is 12.6 Å². The Morgan fingerprint density at radius 3 is 2.29 bits per heavy atom.